The zero-order chi connectivity index (χ0) is 13.3. The molecule has 3 rings (SSSR count). The summed E-state index contributed by atoms with van der Waals surface area (Å²) in [5, 5.41) is 3.61. The van der Waals surface area contributed by atoms with E-state index in [1.807, 2.05) is 12.1 Å². The van der Waals surface area contributed by atoms with Crippen LogP contribution in [0.1, 0.15) is 34.3 Å². The number of ether oxygens (including phenoxy) is 2. The highest BCUT2D eigenvalue weighted by atomic mass is 16.5. The molecule has 1 fully saturated rings. The van der Waals surface area contributed by atoms with Crippen LogP contribution in [0.25, 0.3) is 0 Å². The van der Waals surface area contributed by atoms with Gasteiger partial charge in [-0.2, -0.15) is 0 Å². The summed E-state index contributed by atoms with van der Waals surface area (Å²) < 4.78 is 10.4. The summed E-state index contributed by atoms with van der Waals surface area (Å²) in [6, 6.07) is 5.88. The zero-order valence-electron chi connectivity index (χ0n) is 11.2. The van der Waals surface area contributed by atoms with Crippen LogP contribution < -0.4 is 5.32 Å². The second-order valence-corrected chi connectivity index (χ2v) is 5.28. The summed E-state index contributed by atoms with van der Waals surface area (Å²) in [7, 11) is 1.42. The molecule has 19 heavy (non-hydrogen) atoms. The summed E-state index contributed by atoms with van der Waals surface area (Å²) in [5.41, 5.74) is 3.11. The summed E-state index contributed by atoms with van der Waals surface area (Å²) >= 11 is 0. The minimum Gasteiger partial charge on any atom is -0.465 e. The number of esters is 1. The fourth-order valence-electron chi connectivity index (χ4n) is 3.22. The maximum atomic E-state index is 11.6. The van der Waals surface area contributed by atoms with Crippen LogP contribution in [0.2, 0.25) is 0 Å². The van der Waals surface area contributed by atoms with Crippen molar-refractivity contribution in [3.8, 4) is 0 Å². The van der Waals surface area contributed by atoms with Gasteiger partial charge in [-0.05, 0) is 42.5 Å². The third-order valence-corrected chi connectivity index (χ3v) is 4.15. The molecule has 2 aliphatic rings. The molecule has 1 N–H and O–H groups in total. The Bertz CT molecular complexity index is 492. The first-order chi connectivity index (χ1) is 9.25. The zero-order valence-corrected chi connectivity index (χ0v) is 11.2. The molecule has 4 heteroatoms. The van der Waals surface area contributed by atoms with Crippen molar-refractivity contribution in [3.05, 3.63) is 34.9 Å². The standard InChI is InChI=1S/C15H19NO3/c1-18-14(17)12-4-5-13-11(9-12)3-2-6-15(13)10-19-8-7-16-15/h4-5,9,16H,2-3,6-8,10H2,1H3/t15-/m1/s1. The Labute approximate surface area is 113 Å². The van der Waals surface area contributed by atoms with E-state index in [1.165, 1.54) is 18.2 Å². The highest BCUT2D eigenvalue weighted by Crippen LogP contribution is 2.37. The molecule has 102 valence electrons. The largest absolute Gasteiger partial charge is 0.465 e. The normalized spacial score (nSPS) is 25.9. The lowest BCUT2D eigenvalue weighted by molar-refractivity contribution is 0.0169. The lowest BCUT2D eigenvalue weighted by Gasteiger charge is -2.42. The van der Waals surface area contributed by atoms with Crippen molar-refractivity contribution in [2.75, 3.05) is 26.9 Å². The van der Waals surface area contributed by atoms with Crippen LogP contribution in [-0.2, 0) is 21.4 Å². The van der Waals surface area contributed by atoms with E-state index in [2.05, 4.69) is 11.4 Å². The molecule has 1 spiro atoms. The van der Waals surface area contributed by atoms with E-state index in [9.17, 15) is 4.79 Å². The Morgan fingerprint density at radius 3 is 3.11 bits per heavy atom. The third kappa shape index (κ3) is 2.15. The average molecular weight is 261 g/mol. The van der Waals surface area contributed by atoms with Gasteiger partial charge >= 0.3 is 5.97 Å². The van der Waals surface area contributed by atoms with E-state index < -0.39 is 0 Å². The van der Waals surface area contributed by atoms with Crippen LogP contribution >= 0.6 is 0 Å². The molecule has 1 aromatic carbocycles. The van der Waals surface area contributed by atoms with Gasteiger partial charge in [-0.3, -0.25) is 0 Å². The minimum absolute atomic E-state index is 0.0551. The van der Waals surface area contributed by atoms with E-state index >= 15 is 0 Å². The number of nitrogens with one attached hydrogen (secondary N) is 1. The van der Waals surface area contributed by atoms with Crippen molar-refractivity contribution < 1.29 is 14.3 Å². The van der Waals surface area contributed by atoms with Gasteiger partial charge in [-0.1, -0.05) is 6.07 Å². The molecule has 1 aliphatic carbocycles. The highest BCUT2D eigenvalue weighted by Gasteiger charge is 2.38. The minimum atomic E-state index is -0.268. The number of aryl methyl sites for hydroxylation is 1. The van der Waals surface area contributed by atoms with Gasteiger partial charge in [0.2, 0.25) is 0 Å². The van der Waals surface area contributed by atoms with Gasteiger partial charge < -0.3 is 14.8 Å². The van der Waals surface area contributed by atoms with Crippen molar-refractivity contribution in [1.29, 1.82) is 0 Å². The SMILES string of the molecule is COC(=O)c1ccc2c(c1)CCC[C@@]21COCCN1. The number of hydrogen-bond donors (Lipinski definition) is 1. The summed E-state index contributed by atoms with van der Waals surface area (Å²) in [6.45, 7) is 2.38. The van der Waals surface area contributed by atoms with Gasteiger partial charge in [0.05, 0.1) is 31.4 Å². The number of morpholine rings is 1. The molecule has 0 aromatic heterocycles. The van der Waals surface area contributed by atoms with Gasteiger partial charge in [0, 0.05) is 6.54 Å². The predicted octanol–water partition coefficient (Wildman–Crippen LogP) is 1.62. The molecule has 4 nitrogen and oxygen atoms in total. The maximum Gasteiger partial charge on any atom is 0.337 e. The lowest BCUT2D eigenvalue weighted by atomic mass is 9.76. The van der Waals surface area contributed by atoms with E-state index in [1.54, 1.807) is 0 Å². The van der Waals surface area contributed by atoms with E-state index in [0.29, 0.717) is 5.56 Å². The molecular weight excluding hydrogens is 242 g/mol. The number of carbonyl (C=O) groups excluding carboxylic acids is 1. The van der Waals surface area contributed by atoms with Crippen molar-refractivity contribution >= 4 is 5.97 Å². The number of benzene rings is 1. The fourth-order valence-corrected chi connectivity index (χ4v) is 3.22. The van der Waals surface area contributed by atoms with E-state index in [4.69, 9.17) is 9.47 Å². The summed E-state index contributed by atoms with van der Waals surface area (Å²) in [6.07, 6.45) is 3.23. The predicted molar refractivity (Wildman–Crippen MR) is 71.2 cm³/mol. The Morgan fingerprint density at radius 1 is 1.47 bits per heavy atom. The molecule has 1 aliphatic heterocycles. The molecule has 0 saturated carbocycles. The smallest absolute Gasteiger partial charge is 0.337 e. The number of rotatable bonds is 1. The third-order valence-electron chi connectivity index (χ3n) is 4.15. The van der Waals surface area contributed by atoms with Crippen LogP contribution in [-0.4, -0.2) is 32.8 Å². The molecule has 1 aromatic rings. The Morgan fingerprint density at radius 2 is 2.37 bits per heavy atom. The Kier molecular flexibility index (Phi) is 3.29. The van der Waals surface area contributed by atoms with Crippen LogP contribution in [0.3, 0.4) is 0 Å². The summed E-state index contributed by atoms with van der Waals surface area (Å²) in [4.78, 5) is 11.6. The maximum absolute atomic E-state index is 11.6. The van der Waals surface area contributed by atoms with Crippen LogP contribution in [0, 0.1) is 0 Å². The van der Waals surface area contributed by atoms with Crippen LogP contribution in [0.4, 0.5) is 0 Å². The van der Waals surface area contributed by atoms with Crippen LogP contribution in [0.5, 0.6) is 0 Å². The van der Waals surface area contributed by atoms with Crippen molar-refractivity contribution in [2.24, 2.45) is 0 Å². The van der Waals surface area contributed by atoms with Crippen molar-refractivity contribution in [2.45, 2.75) is 24.8 Å². The quantitative estimate of drug-likeness (QED) is 0.780. The molecule has 0 amide bonds. The van der Waals surface area contributed by atoms with Gasteiger partial charge in [-0.15, -0.1) is 0 Å². The average Bonchev–Trinajstić information content (AvgIpc) is 2.47. The molecule has 0 bridgehead atoms. The van der Waals surface area contributed by atoms with Gasteiger partial charge in [0.15, 0.2) is 0 Å². The summed E-state index contributed by atoms with van der Waals surface area (Å²) in [5.74, 6) is -0.268. The Hall–Kier alpha value is -1.39. The molecular formula is C15H19NO3. The Balaban J connectivity index is 1.99. The van der Waals surface area contributed by atoms with Crippen molar-refractivity contribution in [1.82, 2.24) is 5.32 Å². The first kappa shape index (κ1) is 12.6. The topological polar surface area (TPSA) is 47.6 Å². The first-order valence-corrected chi connectivity index (χ1v) is 6.80. The highest BCUT2D eigenvalue weighted by molar-refractivity contribution is 5.89. The second kappa shape index (κ2) is 4.94. The molecule has 1 heterocycles. The monoisotopic (exact) mass is 261 g/mol. The fraction of sp³-hybridized carbons (Fsp3) is 0.533. The van der Waals surface area contributed by atoms with Crippen LogP contribution in [0.15, 0.2) is 18.2 Å². The molecule has 0 radical (unpaired) electrons. The second-order valence-electron chi connectivity index (χ2n) is 5.28. The first-order valence-electron chi connectivity index (χ1n) is 6.80. The van der Waals surface area contributed by atoms with Gasteiger partial charge in [-0.25, -0.2) is 4.79 Å². The number of hydrogen-bond acceptors (Lipinski definition) is 4. The van der Waals surface area contributed by atoms with Gasteiger partial charge in [0.1, 0.15) is 0 Å². The number of fused-ring (bicyclic) bond motifs is 2. The number of methoxy groups -OCH3 is 1. The van der Waals surface area contributed by atoms with E-state index in [-0.39, 0.29) is 11.5 Å². The van der Waals surface area contributed by atoms with E-state index in [0.717, 1.165) is 39.0 Å². The molecule has 1 saturated heterocycles. The molecule has 0 unspecified atom stereocenters. The van der Waals surface area contributed by atoms with Crippen molar-refractivity contribution in [3.63, 3.8) is 0 Å². The number of carbonyl (C=O) groups is 1. The van der Waals surface area contributed by atoms with Gasteiger partial charge in [0.25, 0.3) is 0 Å². The lowest BCUT2D eigenvalue weighted by Crippen LogP contribution is -2.53. The molecule has 1 atom stereocenters.